The van der Waals surface area contributed by atoms with E-state index < -0.39 is 4.92 Å². The number of carbonyl (C=O) groups excluding carboxylic acids is 1. The molecule has 0 atom stereocenters. The molecular weight excluding hydrogens is 408 g/mol. The van der Waals surface area contributed by atoms with Crippen molar-refractivity contribution < 1.29 is 9.72 Å². The van der Waals surface area contributed by atoms with Gasteiger partial charge in [0, 0.05) is 27.7 Å². The summed E-state index contributed by atoms with van der Waals surface area (Å²) < 4.78 is 0.966. The number of non-ortho nitro benzene ring substituents is 1. The Bertz CT molecular complexity index is 927. The fourth-order valence-electron chi connectivity index (χ4n) is 2.05. The summed E-state index contributed by atoms with van der Waals surface area (Å²) >= 11 is 4.54. The Morgan fingerprint density at radius 3 is 2.72 bits per heavy atom. The van der Waals surface area contributed by atoms with Gasteiger partial charge in [-0.1, -0.05) is 52.0 Å². The number of rotatable bonds is 6. The van der Waals surface area contributed by atoms with E-state index in [0.717, 1.165) is 10.0 Å². The van der Waals surface area contributed by atoms with Crippen molar-refractivity contribution in [1.82, 2.24) is 15.2 Å². The second-order valence-corrected chi connectivity index (χ2v) is 6.85. The summed E-state index contributed by atoms with van der Waals surface area (Å²) in [7, 11) is 0. The lowest BCUT2D eigenvalue weighted by molar-refractivity contribution is -0.384. The average molecular weight is 419 g/mol. The van der Waals surface area contributed by atoms with Crippen molar-refractivity contribution in [2.24, 2.45) is 0 Å². The van der Waals surface area contributed by atoms with Gasteiger partial charge >= 0.3 is 0 Å². The maximum Gasteiger partial charge on any atom is 0.270 e. The quantitative estimate of drug-likeness (QED) is 0.279. The number of nitrogens with one attached hydrogen (secondary N) is 1. The predicted molar refractivity (Wildman–Crippen MR) is 97.7 cm³/mol. The third-order valence-corrected chi connectivity index (χ3v) is 4.67. The van der Waals surface area contributed by atoms with Crippen molar-refractivity contribution in [3.63, 3.8) is 0 Å². The molecule has 0 fully saturated rings. The zero-order chi connectivity index (χ0) is 17.8. The molecule has 0 spiro atoms. The molecule has 0 bridgehead atoms. The number of ketones is 1. The topological polar surface area (TPSA) is 102 Å². The number of carbonyl (C=O) groups is 1. The highest BCUT2D eigenvalue weighted by Crippen LogP contribution is 2.22. The minimum Gasteiger partial charge on any atom is -0.293 e. The number of H-pyrrole nitrogens is 1. The second kappa shape index (κ2) is 7.58. The van der Waals surface area contributed by atoms with Crippen LogP contribution in [0.5, 0.6) is 0 Å². The Kier molecular flexibility index (Phi) is 5.25. The Morgan fingerprint density at radius 1 is 1.24 bits per heavy atom. The number of halogens is 1. The van der Waals surface area contributed by atoms with Crippen molar-refractivity contribution in [1.29, 1.82) is 0 Å². The maximum absolute atomic E-state index is 12.2. The first-order valence-electron chi connectivity index (χ1n) is 7.12. The normalized spacial score (nSPS) is 10.6. The van der Waals surface area contributed by atoms with E-state index in [1.54, 1.807) is 6.07 Å². The summed E-state index contributed by atoms with van der Waals surface area (Å²) in [4.78, 5) is 26.8. The summed E-state index contributed by atoms with van der Waals surface area (Å²) in [6.45, 7) is 0. The molecule has 0 unspecified atom stereocenters. The van der Waals surface area contributed by atoms with Gasteiger partial charge in [0.25, 0.3) is 5.69 Å². The molecule has 0 aliphatic rings. The maximum atomic E-state index is 12.2. The van der Waals surface area contributed by atoms with Gasteiger partial charge in [-0.05, 0) is 12.1 Å². The van der Waals surface area contributed by atoms with E-state index in [9.17, 15) is 14.9 Å². The van der Waals surface area contributed by atoms with E-state index in [0.29, 0.717) is 16.5 Å². The third-order valence-electron chi connectivity index (χ3n) is 3.29. The number of hydrogen-bond donors (Lipinski definition) is 1. The first kappa shape index (κ1) is 17.3. The van der Waals surface area contributed by atoms with Gasteiger partial charge in [0.05, 0.1) is 10.7 Å². The Hall–Kier alpha value is -2.52. The number of nitrogens with zero attached hydrogens (tertiary/aromatic N) is 3. The first-order valence-corrected chi connectivity index (χ1v) is 8.89. The SMILES string of the molecule is O=C(CSc1n[nH]c(-c2ccc(Br)cc2)n1)c1cccc([N+](=O)[O-])c1. The average Bonchev–Trinajstić information content (AvgIpc) is 3.09. The highest BCUT2D eigenvalue weighted by Gasteiger charge is 2.13. The van der Waals surface area contributed by atoms with E-state index in [1.165, 1.54) is 30.0 Å². The van der Waals surface area contributed by atoms with Crippen LogP contribution in [-0.2, 0) is 0 Å². The zero-order valence-electron chi connectivity index (χ0n) is 12.7. The number of Topliss-reactive ketones (excluding diaryl/α,β-unsaturated/α-hetero) is 1. The van der Waals surface area contributed by atoms with E-state index in [-0.39, 0.29) is 17.2 Å². The van der Waals surface area contributed by atoms with Gasteiger partial charge in [-0.2, -0.15) is 0 Å². The van der Waals surface area contributed by atoms with Gasteiger partial charge < -0.3 is 0 Å². The molecule has 126 valence electrons. The molecule has 3 aromatic rings. The first-order chi connectivity index (χ1) is 12.0. The van der Waals surface area contributed by atoms with Crippen LogP contribution in [-0.4, -0.2) is 31.6 Å². The van der Waals surface area contributed by atoms with Gasteiger partial charge in [-0.15, -0.1) is 5.10 Å². The molecular formula is C16H11BrN4O3S. The highest BCUT2D eigenvalue weighted by molar-refractivity contribution is 9.10. The smallest absolute Gasteiger partial charge is 0.270 e. The van der Waals surface area contributed by atoms with Gasteiger partial charge in [0.15, 0.2) is 11.6 Å². The van der Waals surface area contributed by atoms with Crippen molar-refractivity contribution in [3.8, 4) is 11.4 Å². The van der Waals surface area contributed by atoms with Crippen LogP contribution < -0.4 is 0 Å². The molecule has 0 amide bonds. The Balaban J connectivity index is 1.66. The monoisotopic (exact) mass is 418 g/mol. The van der Waals surface area contributed by atoms with Gasteiger partial charge in [-0.3, -0.25) is 20.0 Å². The Morgan fingerprint density at radius 2 is 2.00 bits per heavy atom. The lowest BCUT2D eigenvalue weighted by atomic mass is 10.1. The molecule has 3 rings (SSSR count). The number of aromatic nitrogens is 3. The fourth-order valence-corrected chi connectivity index (χ4v) is 3.01. The van der Waals surface area contributed by atoms with Crippen LogP contribution in [0.3, 0.4) is 0 Å². The molecule has 0 saturated heterocycles. The molecule has 1 heterocycles. The van der Waals surface area contributed by atoms with Crippen LogP contribution in [0, 0.1) is 10.1 Å². The van der Waals surface area contributed by atoms with Crippen LogP contribution in [0.1, 0.15) is 10.4 Å². The van der Waals surface area contributed by atoms with Crippen LogP contribution in [0.25, 0.3) is 11.4 Å². The molecule has 7 nitrogen and oxygen atoms in total. The lowest BCUT2D eigenvalue weighted by Crippen LogP contribution is -2.03. The molecule has 9 heteroatoms. The molecule has 1 N–H and O–H groups in total. The van der Waals surface area contributed by atoms with Crippen molar-refractivity contribution in [2.75, 3.05) is 5.75 Å². The molecule has 2 aromatic carbocycles. The summed E-state index contributed by atoms with van der Waals surface area (Å²) in [5, 5.41) is 18.1. The largest absolute Gasteiger partial charge is 0.293 e. The summed E-state index contributed by atoms with van der Waals surface area (Å²) in [5.41, 5.74) is 1.07. The summed E-state index contributed by atoms with van der Waals surface area (Å²) in [5.74, 6) is 0.486. The van der Waals surface area contributed by atoms with E-state index >= 15 is 0 Å². The fraction of sp³-hybridized carbons (Fsp3) is 0.0625. The number of nitro groups is 1. The standard InChI is InChI=1S/C16H11BrN4O3S/c17-12-6-4-10(5-7-12)15-18-16(20-19-15)25-9-14(22)11-2-1-3-13(8-11)21(23)24/h1-8H,9H2,(H,18,19,20). The number of nitro benzene ring substituents is 1. The van der Waals surface area contributed by atoms with Crippen LogP contribution in [0.4, 0.5) is 5.69 Å². The van der Waals surface area contributed by atoms with Gasteiger partial charge in [0.2, 0.25) is 5.16 Å². The van der Waals surface area contributed by atoms with Crippen LogP contribution in [0.15, 0.2) is 58.2 Å². The van der Waals surface area contributed by atoms with Crippen molar-refractivity contribution in [2.45, 2.75) is 5.16 Å². The molecule has 25 heavy (non-hydrogen) atoms. The van der Waals surface area contributed by atoms with Crippen LogP contribution >= 0.6 is 27.7 Å². The molecule has 1 aromatic heterocycles. The summed E-state index contributed by atoms with van der Waals surface area (Å²) in [6, 6.07) is 13.3. The predicted octanol–water partition coefficient (Wildman–Crippen LogP) is 4.12. The Labute approximate surface area is 155 Å². The zero-order valence-corrected chi connectivity index (χ0v) is 15.1. The van der Waals surface area contributed by atoms with Gasteiger partial charge in [-0.25, -0.2) is 4.98 Å². The number of thioether (sulfide) groups is 1. The number of benzene rings is 2. The molecule has 0 aliphatic carbocycles. The number of aromatic amines is 1. The minimum absolute atomic E-state index is 0.0960. The highest BCUT2D eigenvalue weighted by atomic mass is 79.9. The van der Waals surface area contributed by atoms with E-state index in [4.69, 9.17) is 0 Å². The van der Waals surface area contributed by atoms with Crippen molar-refractivity contribution in [3.05, 3.63) is 68.7 Å². The number of hydrogen-bond acceptors (Lipinski definition) is 6. The second-order valence-electron chi connectivity index (χ2n) is 4.99. The third kappa shape index (κ3) is 4.31. The van der Waals surface area contributed by atoms with Gasteiger partial charge in [0.1, 0.15) is 0 Å². The molecule has 0 aliphatic heterocycles. The lowest BCUT2D eigenvalue weighted by Gasteiger charge is -1.99. The molecule has 0 saturated carbocycles. The van der Waals surface area contributed by atoms with Crippen LogP contribution in [0.2, 0.25) is 0 Å². The van der Waals surface area contributed by atoms with E-state index in [2.05, 4.69) is 31.1 Å². The van der Waals surface area contributed by atoms with E-state index in [1.807, 2.05) is 24.3 Å². The molecule has 0 radical (unpaired) electrons. The minimum atomic E-state index is -0.524. The van der Waals surface area contributed by atoms with Crippen molar-refractivity contribution >= 4 is 39.2 Å². The summed E-state index contributed by atoms with van der Waals surface area (Å²) in [6.07, 6.45) is 0.